The SMILES string of the molecule is Cc1cc(N2CCC(NC(=O)c3ccc(F)c(Cl)c3)CC2)n[nH]1. The molecule has 0 spiro atoms. The van der Waals surface area contributed by atoms with Crippen LogP contribution in [0.5, 0.6) is 0 Å². The molecule has 1 saturated heterocycles. The molecule has 1 aromatic carbocycles. The highest BCUT2D eigenvalue weighted by molar-refractivity contribution is 6.31. The molecular weight excluding hydrogens is 319 g/mol. The van der Waals surface area contributed by atoms with Crippen LogP contribution in [0.1, 0.15) is 28.9 Å². The van der Waals surface area contributed by atoms with E-state index in [9.17, 15) is 9.18 Å². The molecule has 2 heterocycles. The van der Waals surface area contributed by atoms with Crippen molar-refractivity contribution < 1.29 is 9.18 Å². The lowest BCUT2D eigenvalue weighted by molar-refractivity contribution is 0.0931. The van der Waals surface area contributed by atoms with Gasteiger partial charge in [-0.25, -0.2) is 4.39 Å². The molecule has 122 valence electrons. The van der Waals surface area contributed by atoms with Crippen molar-refractivity contribution in [2.45, 2.75) is 25.8 Å². The van der Waals surface area contributed by atoms with Gasteiger partial charge in [0.15, 0.2) is 5.82 Å². The average molecular weight is 337 g/mol. The summed E-state index contributed by atoms with van der Waals surface area (Å²) >= 11 is 5.72. The first-order chi connectivity index (χ1) is 11.0. The van der Waals surface area contributed by atoms with Crippen molar-refractivity contribution in [3.05, 3.63) is 46.4 Å². The number of halogens is 2. The number of carbonyl (C=O) groups is 1. The summed E-state index contributed by atoms with van der Waals surface area (Å²) in [6.45, 7) is 3.64. The van der Waals surface area contributed by atoms with E-state index in [2.05, 4.69) is 20.4 Å². The number of amides is 1. The molecule has 5 nitrogen and oxygen atoms in total. The van der Waals surface area contributed by atoms with Crippen molar-refractivity contribution in [1.82, 2.24) is 15.5 Å². The van der Waals surface area contributed by atoms with Crippen LogP contribution in [0.15, 0.2) is 24.3 Å². The molecule has 0 unspecified atom stereocenters. The zero-order valence-electron chi connectivity index (χ0n) is 12.8. The Labute approximate surface area is 138 Å². The van der Waals surface area contributed by atoms with Crippen LogP contribution >= 0.6 is 11.6 Å². The number of rotatable bonds is 3. The predicted octanol–water partition coefficient (Wildman–Crippen LogP) is 2.91. The van der Waals surface area contributed by atoms with Crippen LogP contribution < -0.4 is 10.2 Å². The van der Waals surface area contributed by atoms with E-state index in [-0.39, 0.29) is 17.0 Å². The maximum atomic E-state index is 13.1. The highest BCUT2D eigenvalue weighted by Gasteiger charge is 2.22. The van der Waals surface area contributed by atoms with Crippen molar-refractivity contribution in [1.29, 1.82) is 0 Å². The van der Waals surface area contributed by atoms with E-state index in [0.717, 1.165) is 37.4 Å². The predicted molar refractivity (Wildman–Crippen MR) is 87.4 cm³/mol. The Hall–Kier alpha value is -2.08. The van der Waals surface area contributed by atoms with Gasteiger partial charge in [-0.2, -0.15) is 5.10 Å². The van der Waals surface area contributed by atoms with E-state index in [1.807, 2.05) is 13.0 Å². The Morgan fingerprint density at radius 2 is 2.13 bits per heavy atom. The molecule has 1 fully saturated rings. The van der Waals surface area contributed by atoms with Gasteiger partial charge in [0.25, 0.3) is 5.91 Å². The minimum absolute atomic E-state index is 0.0404. The lowest BCUT2D eigenvalue weighted by atomic mass is 10.0. The molecule has 0 aliphatic carbocycles. The molecule has 0 radical (unpaired) electrons. The van der Waals surface area contributed by atoms with E-state index in [1.165, 1.54) is 18.2 Å². The summed E-state index contributed by atoms with van der Waals surface area (Å²) in [5, 5.41) is 10.1. The third kappa shape index (κ3) is 3.64. The third-order valence-corrected chi connectivity index (χ3v) is 4.32. The number of carbonyl (C=O) groups excluding carboxylic acids is 1. The van der Waals surface area contributed by atoms with Crippen LogP contribution in [0.25, 0.3) is 0 Å². The fraction of sp³-hybridized carbons (Fsp3) is 0.375. The van der Waals surface area contributed by atoms with Gasteiger partial charge in [-0.15, -0.1) is 0 Å². The van der Waals surface area contributed by atoms with Crippen LogP contribution in [-0.4, -0.2) is 35.2 Å². The number of H-pyrrole nitrogens is 1. The van der Waals surface area contributed by atoms with Crippen molar-refractivity contribution in [2.24, 2.45) is 0 Å². The molecule has 1 aromatic heterocycles. The molecule has 1 aliphatic rings. The van der Waals surface area contributed by atoms with Gasteiger partial charge in [0, 0.05) is 36.5 Å². The minimum atomic E-state index is -0.522. The number of aromatic amines is 1. The second kappa shape index (κ2) is 6.58. The number of nitrogens with one attached hydrogen (secondary N) is 2. The molecule has 1 amide bonds. The van der Waals surface area contributed by atoms with Crippen molar-refractivity contribution in [3.63, 3.8) is 0 Å². The van der Waals surface area contributed by atoms with Crippen molar-refractivity contribution in [2.75, 3.05) is 18.0 Å². The van der Waals surface area contributed by atoms with Crippen LogP contribution in [0.4, 0.5) is 10.2 Å². The summed E-state index contributed by atoms with van der Waals surface area (Å²) in [5.41, 5.74) is 1.41. The summed E-state index contributed by atoms with van der Waals surface area (Å²) in [6, 6.07) is 6.12. The minimum Gasteiger partial charge on any atom is -0.355 e. The summed E-state index contributed by atoms with van der Waals surface area (Å²) in [5.74, 6) is 0.198. The standard InChI is InChI=1S/C16H18ClFN4O/c1-10-8-15(21-20-10)22-6-4-12(5-7-22)19-16(23)11-2-3-14(18)13(17)9-11/h2-3,8-9,12H,4-7H2,1H3,(H,19,23)(H,20,21). The van der Waals surface area contributed by atoms with Gasteiger partial charge in [-0.3, -0.25) is 9.89 Å². The number of hydrogen-bond acceptors (Lipinski definition) is 3. The van der Waals surface area contributed by atoms with Crippen molar-refractivity contribution >= 4 is 23.3 Å². The highest BCUT2D eigenvalue weighted by atomic mass is 35.5. The van der Waals surface area contributed by atoms with Crippen molar-refractivity contribution in [3.8, 4) is 0 Å². The molecular formula is C16H18ClFN4O. The van der Waals surface area contributed by atoms with Crippen LogP contribution in [0, 0.1) is 12.7 Å². The number of anilines is 1. The number of aromatic nitrogens is 2. The highest BCUT2D eigenvalue weighted by Crippen LogP contribution is 2.20. The Balaban J connectivity index is 1.56. The van der Waals surface area contributed by atoms with E-state index in [1.54, 1.807) is 0 Å². The molecule has 0 bridgehead atoms. The van der Waals surface area contributed by atoms with Gasteiger partial charge in [-0.05, 0) is 38.0 Å². The zero-order chi connectivity index (χ0) is 16.4. The second-order valence-corrected chi connectivity index (χ2v) is 6.18. The average Bonchev–Trinajstić information content (AvgIpc) is 2.97. The van der Waals surface area contributed by atoms with E-state index >= 15 is 0 Å². The molecule has 23 heavy (non-hydrogen) atoms. The maximum absolute atomic E-state index is 13.1. The van der Waals surface area contributed by atoms with Gasteiger partial charge in [0.2, 0.25) is 0 Å². The van der Waals surface area contributed by atoms with E-state index < -0.39 is 5.82 Å². The molecule has 1 aliphatic heterocycles. The number of nitrogens with zero attached hydrogens (tertiary/aromatic N) is 2. The van der Waals surface area contributed by atoms with Gasteiger partial charge >= 0.3 is 0 Å². The van der Waals surface area contributed by atoms with Gasteiger partial charge in [0.05, 0.1) is 5.02 Å². The zero-order valence-corrected chi connectivity index (χ0v) is 13.5. The van der Waals surface area contributed by atoms with Gasteiger partial charge < -0.3 is 10.2 Å². The number of aryl methyl sites for hydroxylation is 1. The topological polar surface area (TPSA) is 61.0 Å². The Morgan fingerprint density at radius 3 is 2.74 bits per heavy atom. The lowest BCUT2D eigenvalue weighted by Crippen LogP contribution is -2.44. The summed E-state index contributed by atoms with van der Waals surface area (Å²) < 4.78 is 13.1. The first-order valence-corrected chi connectivity index (χ1v) is 7.93. The summed E-state index contributed by atoms with van der Waals surface area (Å²) in [7, 11) is 0. The van der Waals surface area contributed by atoms with E-state index in [4.69, 9.17) is 11.6 Å². The maximum Gasteiger partial charge on any atom is 0.251 e. The second-order valence-electron chi connectivity index (χ2n) is 5.77. The fourth-order valence-electron chi connectivity index (χ4n) is 2.72. The molecule has 2 aromatic rings. The summed E-state index contributed by atoms with van der Waals surface area (Å²) in [4.78, 5) is 14.4. The number of hydrogen-bond donors (Lipinski definition) is 2. The number of benzene rings is 1. The summed E-state index contributed by atoms with van der Waals surface area (Å²) in [6.07, 6.45) is 1.68. The first-order valence-electron chi connectivity index (χ1n) is 7.56. The quantitative estimate of drug-likeness (QED) is 0.906. The normalized spacial score (nSPS) is 15.7. The smallest absolute Gasteiger partial charge is 0.251 e. The Morgan fingerprint density at radius 1 is 1.39 bits per heavy atom. The fourth-order valence-corrected chi connectivity index (χ4v) is 2.91. The molecule has 7 heteroatoms. The van der Waals surface area contributed by atoms with Crippen LogP contribution in [-0.2, 0) is 0 Å². The monoisotopic (exact) mass is 336 g/mol. The molecule has 2 N–H and O–H groups in total. The lowest BCUT2D eigenvalue weighted by Gasteiger charge is -2.32. The Kier molecular flexibility index (Phi) is 4.52. The number of piperidine rings is 1. The molecule has 3 rings (SSSR count). The third-order valence-electron chi connectivity index (χ3n) is 4.03. The Bertz CT molecular complexity index is 710. The van der Waals surface area contributed by atoms with Crippen LogP contribution in [0.3, 0.4) is 0 Å². The van der Waals surface area contributed by atoms with Crippen LogP contribution in [0.2, 0.25) is 5.02 Å². The van der Waals surface area contributed by atoms with Gasteiger partial charge in [-0.1, -0.05) is 11.6 Å². The first kappa shape index (κ1) is 15.8. The molecule has 0 saturated carbocycles. The van der Waals surface area contributed by atoms with E-state index in [0.29, 0.717) is 5.56 Å². The molecule has 0 atom stereocenters. The van der Waals surface area contributed by atoms with Gasteiger partial charge in [0.1, 0.15) is 5.82 Å². The largest absolute Gasteiger partial charge is 0.355 e.